The van der Waals surface area contributed by atoms with E-state index in [9.17, 15) is 0 Å². The van der Waals surface area contributed by atoms with Crippen LogP contribution >= 0.6 is 0 Å². The summed E-state index contributed by atoms with van der Waals surface area (Å²) in [5.74, 6) is 1.57. The zero-order chi connectivity index (χ0) is 15.6. The van der Waals surface area contributed by atoms with Crippen LogP contribution in [-0.4, -0.2) is 27.3 Å². The van der Waals surface area contributed by atoms with E-state index in [2.05, 4.69) is 31.5 Å². The first kappa shape index (κ1) is 13.4. The van der Waals surface area contributed by atoms with Crippen LogP contribution in [-0.2, 0) is 0 Å². The maximum atomic E-state index is 5.23. The third-order valence-electron chi connectivity index (χ3n) is 3.66. The number of nitrogens with zero attached hydrogens (tertiary/aromatic N) is 2. The number of methoxy groups -OCH3 is 1. The molecule has 0 amide bonds. The molecule has 0 unspecified atom stereocenters. The monoisotopic (exact) mass is 305 g/mol. The normalized spacial score (nSPS) is 10.8. The number of anilines is 2. The summed E-state index contributed by atoms with van der Waals surface area (Å²) in [7, 11) is 1.65. The average molecular weight is 305 g/mol. The highest BCUT2D eigenvalue weighted by Crippen LogP contribution is 2.26. The van der Waals surface area contributed by atoms with Gasteiger partial charge < -0.3 is 15.0 Å². The number of H-pyrrole nitrogens is 2. The molecule has 0 radical (unpaired) electrons. The summed E-state index contributed by atoms with van der Waals surface area (Å²) in [5.41, 5.74) is 3.97. The number of fused-ring (bicyclic) bond motifs is 1. The molecule has 23 heavy (non-hydrogen) atoms. The standard InChI is InChI=1S/C17H15N5O/c1-23-14-4-2-3-13(6-14)21-17-7-16-11(8-18-17)5-15(22-16)12-9-19-20-10-12/h2-10,22H,1H3,(H,18,21)(H,19,20). The van der Waals surface area contributed by atoms with E-state index in [-0.39, 0.29) is 0 Å². The van der Waals surface area contributed by atoms with E-state index in [0.29, 0.717) is 0 Å². The predicted octanol–water partition coefficient (Wildman–Crippen LogP) is 3.71. The number of nitrogens with one attached hydrogen (secondary N) is 3. The van der Waals surface area contributed by atoms with Gasteiger partial charge in [-0.2, -0.15) is 5.10 Å². The molecule has 114 valence electrons. The van der Waals surface area contributed by atoms with E-state index in [1.54, 1.807) is 13.3 Å². The topological polar surface area (TPSA) is 78.6 Å². The molecule has 0 aliphatic carbocycles. The van der Waals surface area contributed by atoms with Gasteiger partial charge in [-0.1, -0.05) is 6.07 Å². The van der Waals surface area contributed by atoms with Crippen LogP contribution in [0.2, 0.25) is 0 Å². The molecule has 0 saturated carbocycles. The molecule has 4 aromatic rings. The van der Waals surface area contributed by atoms with Crippen molar-refractivity contribution in [2.45, 2.75) is 0 Å². The van der Waals surface area contributed by atoms with Gasteiger partial charge in [0.2, 0.25) is 0 Å². The molecule has 0 aliphatic heterocycles. The number of ether oxygens (including phenoxy) is 1. The Morgan fingerprint density at radius 3 is 2.91 bits per heavy atom. The quantitative estimate of drug-likeness (QED) is 0.537. The lowest BCUT2D eigenvalue weighted by Gasteiger charge is -2.07. The lowest BCUT2D eigenvalue weighted by Crippen LogP contribution is -1.93. The average Bonchev–Trinajstić information content (AvgIpc) is 3.23. The number of aromatic amines is 2. The van der Waals surface area contributed by atoms with Crippen molar-refractivity contribution in [1.82, 2.24) is 20.2 Å². The Kier molecular flexibility index (Phi) is 3.20. The lowest BCUT2D eigenvalue weighted by molar-refractivity contribution is 0.415. The fraction of sp³-hybridized carbons (Fsp3) is 0.0588. The number of hydrogen-bond acceptors (Lipinski definition) is 4. The zero-order valence-electron chi connectivity index (χ0n) is 12.5. The van der Waals surface area contributed by atoms with Gasteiger partial charge in [-0.25, -0.2) is 4.98 Å². The minimum atomic E-state index is 0.770. The highest BCUT2D eigenvalue weighted by atomic mass is 16.5. The number of rotatable bonds is 4. The molecule has 1 aromatic carbocycles. The third-order valence-corrected chi connectivity index (χ3v) is 3.66. The molecule has 3 N–H and O–H groups in total. The van der Waals surface area contributed by atoms with E-state index in [0.717, 1.165) is 39.4 Å². The molecule has 0 aliphatic rings. The van der Waals surface area contributed by atoms with Crippen molar-refractivity contribution in [2.75, 3.05) is 12.4 Å². The second-order valence-corrected chi connectivity index (χ2v) is 5.18. The van der Waals surface area contributed by atoms with Crippen molar-refractivity contribution in [2.24, 2.45) is 0 Å². The molecule has 6 nitrogen and oxygen atoms in total. The first-order valence-electron chi connectivity index (χ1n) is 7.21. The Bertz CT molecular complexity index is 943. The fourth-order valence-electron chi connectivity index (χ4n) is 2.50. The SMILES string of the molecule is COc1cccc(Nc2cc3[nH]c(-c4cn[nH]c4)cc3cn2)c1. The molecule has 4 rings (SSSR count). The van der Waals surface area contributed by atoms with E-state index in [1.807, 2.05) is 42.7 Å². The molecule has 0 fully saturated rings. The van der Waals surface area contributed by atoms with Crippen LogP contribution in [0.15, 0.2) is 55.0 Å². The van der Waals surface area contributed by atoms with E-state index >= 15 is 0 Å². The van der Waals surface area contributed by atoms with Crippen molar-refractivity contribution in [3.05, 3.63) is 55.0 Å². The maximum Gasteiger partial charge on any atom is 0.132 e. The summed E-state index contributed by atoms with van der Waals surface area (Å²) in [6.45, 7) is 0. The van der Waals surface area contributed by atoms with Crippen LogP contribution in [0.3, 0.4) is 0 Å². The summed E-state index contributed by atoms with van der Waals surface area (Å²) in [4.78, 5) is 7.84. The van der Waals surface area contributed by atoms with Crippen LogP contribution in [0.1, 0.15) is 0 Å². The Morgan fingerprint density at radius 1 is 1.13 bits per heavy atom. The molecule has 3 heterocycles. The second-order valence-electron chi connectivity index (χ2n) is 5.18. The van der Waals surface area contributed by atoms with Gasteiger partial charge in [0.25, 0.3) is 0 Å². The van der Waals surface area contributed by atoms with Gasteiger partial charge in [-0.15, -0.1) is 0 Å². The van der Waals surface area contributed by atoms with Gasteiger partial charge >= 0.3 is 0 Å². The third kappa shape index (κ3) is 2.62. The highest BCUT2D eigenvalue weighted by molar-refractivity contribution is 5.87. The van der Waals surface area contributed by atoms with Crippen LogP contribution in [0.4, 0.5) is 11.5 Å². The van der Waals surface area contributed by atoms with Crippen LogP contribution in [0.25, 0.3) is 22.2 Å². The first-order valence-corrected chi connectivity index (χ1v) is 7.21. The van der Waals surface area contributed by atoms with Crippen molar-refractivity contribution in [3.8, 4) is 17.0 Å². The van der Waals surface area contributed by atoms with Gasteiger partial charge in [0.1, 0.15) is 11.6 Å². The Labute approximate surface area is 132 Å². The molecule has 0 bridgehead atoms. The number of aromatic nitrogens is 4. The number of pyridine rings is 1. The van der Waals surface area contributed by atoms with Crippen molar-refractivity contribution >= 4 is 22.4 Å². The summed E-state index contributed by atoms with van der Waals surface area (Å²) >= 11 is 0. The van der Waals surface area contributed by atoms with Crippen molar-refractivity contribution in [3.63, 3.8) is 0 Å². The van der Waals surface area contributed by atoms with Gasteiger partial charge in [0, 0.05) is 46.9 Å². The minimum absolute atomic E-state index is 0.770. The van der Waals surface area contributed by atoms with Gasteiger partial charge in [-0.05, 0) is 18.2 Å². The van der Waals surface area contributed by atoms with E-state index in [4.69, 9.17) is 4.74 Å². The Balaban J connectivity index is 1.65. The number of benzene rings is 1. The first-order chi connectivity index (χ1) is 11.3. The molecule has 0 atom stereocenters. The van der Waals surface area contributed by atoms with Crippen LogP contribution < -0.4 is 10.1 Å². The van der Waals surface area contributed by atoms with Gasteiger partial charge in [0.15, 0.2) is 0 Å². The molecule has 0 spiro atoms. The highest BCUT2D eigenvalue weighted by Gasteiger charge is 2.06. The molecular weight excluding hydrogens is 290 g/mol. The summed E-state index contributed by atoms with van der Waals surface area (Å²) in [6.07, 6.45) is 5.49. The van der Waals surface area contributed by atoms with E-state index < -0.39 is 0 Å². The van der Waals surface area contributed by atoms with Crippen molar-refractivity contribution in [1.29, 1.82) is 0 Å². The Morgan fingerprint density at radius 2 is 2.09 bits per heavy atom. The minimum Gasteiger partial charge on any atom is -0.497 e. The Hall–Kier alpha value is -3.28. The predicted molar refractivity (Wildman–Crippen MR) is 90.0 cm³/mol. The fourth-order valence-corrected chi connectivity index (χ4v) is 2.50. The maximum absolute atomic E-state index is 5.23. The smallest absolute Gasteiger partial charge is 0.132 e. The van der Waals surface area contributed by atoms with Crippen LogP contribution in [0.5, 0.6) is 5.75 Å². The summed E-state index contributed by atoms with van der Waals surface area (Å²) < 4.78 is 5.23. The van der Waals surface area contributed by atoms with Crippen LogP contribution in [0, 0.1) is 0 Å². The summed E-state index contributed by atoms with van der Waals surface area (Å²) in [5, 5.41) is 11.1. The second kappa shape index (κ2) is 5.49. The largest absolute Gasteiger partial charge is 0.497 e. The van der Waals surface area contributed by atoms with Gasteiger partial charge in [-0.3, -0.25) is 5.10 Å². The summed E-state index contributed by atoms with van der Waals surface area (Å²) in [6, 6.07) is 11.8. The number of hydrogen-bond donors (Lipinski definition) is 3. The van der Waals surface area contributed by atoms with Crippen molar-refractivity contribution < 1.29 is 4.74 Å². The van der Waals surface area contributed by atoms with E-state index in [1.165, 1.54) is 0 Å². The molecule has 0 saturated heterocycles. The zero-order valence-corrected chi connectivity index (χ0v) is 12.5. The van der Waals surface area contributed by atoms with Gasteiger partial charge in [0.05, 0.1) is 18.8 Å². The lowest BCUT2D eigenvalue weighted by atomic mass is 10.2. The molecular formula is C17H15N5O. The molecule has 6 heteroatoms. The molecule has 3 aromatic heterocycles.